The fourth-order valence-corrected chi connectivity index (χ4v) is 3.28. The van der Waals surface area contributed by atoms with Crippen LogP contribution in [-0.2, 0) is 10.0 Å². The van der Waals surface area contributed by atoms with Gasteiger partial charge in [-0.3, -0.25) is 0 Å². The van der Waals surface area contributed by atoms with Gasteiger partial charge in [0.05, 0.1) is 4.90 Å². The quantitative estimate of drug-likeness (QED) is 0.835. The van der Waals surface area contributed by atoms with Crippen molar-refractivity contribution in [3.63, 3.8) is 0 Å². The van der Waals surface area contributed by atoms with Gasteiger partial charge in [-0.15, -0.1) is 0 Å². The third kappa shape index (κ3) is 3.23. The van der Waals surface area contributed by atoms with E-state index in [9.17, 15) is 8.42 Å². The van der Waals surface area contributed by atoms with Gasteiger partial charge >= 0.3 is 0 Å². The van der Waals surface area contributed by atoms with Crippen molar-refractivity contribution in [1.82, 2.24) is 4.31 Å². The van der Waals surface area contributed by atoms with E-state index in [2.05, 4.69) is 6.92 Å². The number of aryl methyl sites for hydroxylation is 1. The zero-order valence-electron chi connectivity index (χ0n) is 11.5. The second-order valence-electron chi connectivity index (χ2n) is 4.82. The molecule has 1 atom stereocenters. The molecule has 0 fully saturated rings. The van der Waals surface area contributed by atoms with E-state index in [1.54, 1.807) is 26.1 Å². The maximum absolute atomic E-state index is 12.4. The van der Waals surface area contributed by atoms with Crippen LogP contribution in [0.15, 0.2) is 23.1 Å². The van der Waals surface area contributed by atoms with Crippen LogP contribution < -0.4 is 5.73 Å². The molecule has 4 nitrogen and oxygen atoms in total. The van der Waals surface area contributed by atoms with Crippen LogP contribution in [0.25, 0.3) is 0 Å². The van der Waals surface area contributed by atoms with Gasteiger partial charge in [-0.25, -0.2) is 12.7 Å². The fraction of sp³-hybridized carbons (Fsp3) is 0.538. The second kappa shape index (κ2) is 5.71. The first-order chi connectivity index (χ1) is 8.28. The van der Waals surface area contributed by atoms with Gasteiger partial charge in [0.1, 0.15) is 0 Å². The van der Waals surface area contributed by atoms with E-state index in [1.807, 2.05) is 6.92 Å². The van der Waals surface area contributed by atoms with E-state index in [-0.39, 0.29) is 0 Å². The molecule has 2 N–H and O–H groups in total. The predicted molar refractivity (Wildman–Crippen MR) is 74.9 cm³/mol. The Morgan fingerprint density at radius 2 is 2.00 bits per heavy atom. The number of nitrogens with zero attached hydrogens (tertiary/aromatic N) is 1. The Bertz CT molecular complexity index is 512. The van der Waals surface area contributed by atoms with E-state index in [0.717, 1.165) is 12.0 Å². The lowest BCUT2D eigenvalue weighted by Gasteiger charge is -2.21. The molecule has 1 rings (SSSR count). The third-order valence-electron chi connectivity index (χ3n) is 3.17. The molecule has 0 aliphatic rings. The molecule has 0 heterocycles. The second-order valence-corrected chi connectivity index (χ2v) is 6.84. The first-order valence-corrected chi connectivity index (χ1v) is 7.55. The standard InChI is InChI=1S/C13H22N2O2S/c1-5-10(2)9-15(4)18(16,17)13-8-12(14)7-6-11(13)3/h6-8,10H,5,9,14H2,1-4H3. The summed E-state index contributed by atoms with van der Waals surface area (Å²) in [4.78, 5) is 0.299. The summed E-state index contributed by atoms with van der Waals surface area (Å²) < 4.78 is 26.3. The minimum atomic E-state index is -3.44. The summed E-state index contributed by atoms with van der Waals surface area (Å²) in [5.74, 6) is 0.339. The Balaban J connectivity index is 3.09. The van der Waals surface area contributed by atoms with Crippen molar-refractivity contribution >= 4 is 15.7 Å². The van der Waals surface area contributed by atoms with Gasteiger partial charge in [-0.1, -0.05) is 26.3 Å². The molecule has 18 heavy (non-hydrogen) atoms. The Morgan fingerprint density at radius 1 is 1.39 bits per heavy atom. The van der Waals surface area contributed by atoms with Crippen LogP contribution in [0.4, 0.5) is 5.69 Å². The SMILES string of the molecule is CCC(C)CN(C)S(=O)(=O)c1cc(N)ccc1C. The van der Waals surface area contributed by atoms with Crippen molar-refractivity contribution in [2.24, 2.45) is 5.92 Å². The molecule has 1 aromatic rings. The molecule has 0 radical (unpaired) electrons. The van der Waals surface area contributed by atoms with E-state index < -0.39 is 10.0 Å². The van der Waals surface area contributed by atoms with Crippen LogP contribution in [0.5, 0.6) is 0 Å². The summed E-state index contributed by atoms with van der Waals surface area (Å²) in [6.45, 7) is 6.39. The molecule has 1 unspecified atom stereocenters. The Kier molecular flexibility index (Phi) is 4.76. The summed E-state index contributed by atoms with van der Waals surface area (Å²) >= 11 is 0. The molecular formula is C13H22N2O2S. The highest BCUT2D eigenvalue weighted by Crippen LogP contribution is 2.22. The molecule has 0 amide bonds. The molecule has 0 saturated heterocycles. The van der Waals surface area contributed by atoms with Gasteiger partial charge in [-0.05, 0) is 30.5 Å². The van der Waals surface area contributed by atoms with Crippen molar-refractivity contribution in [3.05, 3.63) is 23.8 Å². The van der Waals surface area contributed by atoms with Gasteiger partial charge in [0.2, 0.25) is 10.0 Å². The molecule has 1 aromatic carbocycles. The maximum atomic E-state index is 12.4. The first kappa shape index (κ1) is 15.0. The van der Waals surface area contributed by atoms with Gasteiger partial charge in [-0.2, -0.15) is 0 Å². The smallest absolute Gasteiger partial charge is 0.243 e. The summed E-state index contributed by atoms with van der Waals surface area (Å²) in [6, 6.07) is 4.97. The molecule has 0 saturated carbocycles. The number of hydrogen-bond donors (Lipinski definition) is 1. The van der Waals surface area contributed by atoms with Gasteiger partial charge in [0, 0.05) is 19.3 Å². The van der Waals surface area contributed by atoms with Crippen molar-refractivity contribution in [2.75, 3.05) is 19.3 Å². The largest absolute Gasteiger partial charge is 0.399 e. The molecule has 102 valence electrons. The number of anilines is 1. The van der Waals surface area contributed by atoms with Crippen LogP contribution in [0.1, 0.15) is 25.8 Å². The minimum Gasteiger partial charge on any atom is -0.399 e. The van der Waals surface area contributed by atoms with Crippen molar-refractivity contribution in [1.29, 1.82) is 0 Å². The number of rotatable bonds is 5. The van der Waals surface area contributed by atoms with Gasteiger partial charge in [0.25, 0.3) is 0 Å². The molecule has 0 spiro atoms. The molecule has 0 aliphatic carbocycles. The predicted octanol–water partition coefficient (Wildman–Crippen LogP) is 2.24. The monoisotopic (exact) mass is 270 g/mol. The molecule has 5 heteroatoms. The van der Waals surface area contributed by atoms with E-state index >= 15 is 0 Å². The third-order valence-corrected chi connectivity index (χ3v) is 5.13. The lowest BCUT2D eigenvalue weighted by Crippen LogP contribution is -2.31. The summed E-state index contributed by atoms with van der Waals surface area (Å²) in [7, 11) is -1.83. The normalized spacial score (nSPS) is 13.8. The summed E-state index contributed by atoms with van der Waals surface area (Å²) in [5.41, 5.74) is 6.86. The molecule has 0 aromatic heterocycles. The van der Waals surface area contributed by atoms with Crippen LogP contribution in [-0.4, -0.2) is 26.3 Å². The lowest BCUT2D eigenvalue weighted by atomic mass is 10.1. The number of benzene rings is 1. The molecule has 0 bridgehead atoms. The topological polar surface area (TPSA) is 63.4 Å². The van der Waals surface area contributed by atoms with Crippen molar-refractivity contribution in [3.8, 4) is 0 Å². The fourth-order valence-electron chi connectivity index (χ4n) is 1.73. The summed E-state index contributed by atoms with van der Waals surface area (Å²) in [6.07, 6.45) is 0.954. The Hall–Kier alpha value is -1.07. The number of nitrogens with two attached hydrogens (primary N) is 1. The van der Waals surface area contributed by atoms with E-state index in [0.29, 0.717) is 23.0 Å². The molecular weight excluding hydrogens is 248 g/mol. The van der Waals surface area contributed by atoms with E-state index in [4.69, 9.17) is 5.73 Å². The average Bonchev–Trinajstić information content (AvgIpc) is 2.31. The number of hydrogen-bond acceptors (Lipinski definition) is 3. The summed E-state index contributed by atoms with van der Waals surface area (Å²) in [5, 5.41) is 0. The minimum absolute atomic E-state index is 0.299. The zero-order valence-corrected chi connectivity index (χ0v) is 12.3. The highest BCUT2D eigenvalue weighted by molar-refractivity contribution is 7.89. The average molecular weight is 270 g/mol. The zero-order chi connectivity index (χ0) is 13.9. The van der Waals surface area contributed by atoms with Crippen molar-refractivity contribution < 1.29 is 8.42 Å². The van der Waals surface area contributed by atoms with Crippen LogP contribution in [0.2, 0.25) is 0 Å². The van der Waals surface area contributed by atoms with Gasteiger partial charge < -0.3 is 5.73 Å². The number of nitrogen functional groups attached to an aromatic ring is 1. The highest BCUT2D eigenvalue weighted by atomic mass is 32.2. The van der Waals surface area contributed by atoms with Crippen LogP contribution in [0.3, 0.4) is 0 Å². The Morgan fingerprint density at radius 3 is 2.56 bits per heavy atom. The van der Waals surface area contributed by atoms with Gasteiger partial charge in [0.15, 0.2) is 0 Å². The first-order valence-electron chi connectivity index (χ1n) is 6.11. The Labute approximate surface area is 110 Å². The maximum Gasteiger partial charge on any atom is 0.243 e. The van der Waals surface area contributed by atoms with E-state index in [1.165, 1.54) is 10.4 Å². The number of sulfonamides is 1. The highest BCUT2D eigenvalue weighted by Gasteiger charge is 2.23. The lowest BCUT2D eigenvalue weighted by molar-refractivity contribution is 0.393. The van der Waals surface area contributed by atoms with Crippen LogP contribution in [0, 0.1) is 12.8 Å². The molecule has 0 aliphatic heterocycles. The van der Waals surface area contributed by atoms with Crippen molar-refractivity contribution in [2.45, 2.75) is 32.1 Å². The van der Waals surface area contributed by atoms with Crippen LogP contribution >= 0.6 is 0 Å².